The first-order valence-electron chi connectivity index (χ1n) is 7.73. The van der Waals surface area contributed by atoms with Gasteiger partial charge in [-0.3, -0.25) is 0 Å². The Hall–Kier alpha value is -2.66. The van der Waals surface area contributed by atoms with Crippen LogP contribution in [0.15, 0.2) is 54.6 Å². The summed E-state index contributed by atoms with van der Waals surface area (Å²) in [5.41, 5.74) is 1.99. The molecule has 0 fully saturated rings. The van der Waals surface area contributed by atoms with E-state index >= 15 is 0 Å². The first kappa shape index (κ1) is 17.2. The van der Waals surface area contributed by atoms with E-state index < -0.39 is 11.8 Å². The molecule has 25 heavy (non-hydrogen) atoms. The van der Waals surface area contributed by atoms with Crippen LogP contribution < -0.4 is 0 Å². The molecular weight excluding hydrogens is 343 g/mol. The highest BCUT2D eigenvalue weighted by Gasteiger charge is 2.22. The number of benzene rings is 2. The van der Waals surface area contributed by atoms with Crippen LogP contribution in [0.4, 0.5) is 4.39 Å². The summed E-state index contributed by atoms with van der Waals surface area (Å²) in [6.07, 6.45) is 0. The van der Waals surface area contributed by atoms with Crippen LogP contribution in [0.1, 0.15) is 27.2 Å². The van der Waals surface area contributed by atoms with Crippen molar-refractivity contribution in [2.45, 2.75) is 20.1 Å². The standard InChI is InChI=1S/C19H16ClFN2O2/c1-13-17(19(24)25-12-15-9-5-6-10-16(15)21)18(20)23(22-13)11-14-7-3-2-4-8-14/h2-10H,11-12H2,1H3. The van der Waals surface area contributed by atoms with Crippen LogP contribution in [-0.4, -0.2) is 15.7 Å². The molecule has 0 unspecified atom stereocenters. The molecule has 0 N–H and O–H groups in total. The van der Waals surface area contributed by atoms with Gasteiger partial charge in [-0.1, -0.05) is 60.1 Å². The van der Waals surface area contributed by atoms with E-state index in [4.69, 9.17) is 16.3 Å². The second-order valence-corrected chi connectivity index (χ2v) is 5.92. The van der Waals surface area contributed by atoms with E-state index in [1.165, 1.54) is 6.07 Å². The summed E-state index contributed by atoms with van der Waals surface area (Å²) in [5, 5.41) is 4.52. The minimum absolute atomic E-state index is 0.162. The van der Waals surface area contributed by atoms with E-state index in [1.54, 1.807) is 29.8 Å². The Balaban J connectivity index is 1.76. The summed E-state index contributed by atoms with van der Waals surface area (Å²) in [6, 6.07) is 15.8. The van der Waals surface area contributed by atoms with Crippen LogP contribution in [0.25, 0.3) is 0 Å². The Morgan fingerprint density at radius 2 is 1.84 bits per heavy atom. The Bertz CT molecular complexity index is 894. The van der Waals surface area contributed by atoms with Crippen LogP contribution in [0.3, 0.4) is 0 Å². The van der Waals surface area contributed by atoms with E-state index in [0.717, 1.165) is 5.56 Å². The zero-order valence-electron chi connectivity index (χ0n) is 13.6. The molecule has 3 rings (SSSR count). The molecular formula is C19H16ClFN2O2. The van der Waals surface area contributed by atoms with Crippen molar-refractivity contribution in [1.29, 1.82) is 0 Å². The molecule has 128 valence electrons. The summed E-state index contributed by atoms with van der Waals surface area (Å²) in [5.74, 6) is -1.04. The van der Waals surface area contributed by atoms with Gasteiger partial charge in [-0.05, 0) is 18.6 Å². The number of rotatable bonds is 5. The van der Waals surface area contributed by atoms with Crippen molar-refractivity contribution in [3.05, 3.63) is 88.0 Å². The zero-order chi connectivity index (χ0) is 17.8. The Morgan fingerprint density at radius 3 is 2.56 bits per heavy atom. The minimum Gasteiger partial charge on any atom is -0.457 e. The quantitative estimate of drug-likeness (QED) is 0.635. The van der Waals surface area contributed by atoms with Crippen LogP contribution >= 0.6 is 11.6 Å². The molecule has 0 saturated carbocycles. The smallest absolute Gasteiger partial charge is 0.343 e. The second-order valence-electron chi connectivity index (χ2n) is 5.56. The number of ether oxygens (including phenoxy) is 1. The van der Waals surface area contributed by atoms with E-state index in [0.29, 0.717) is 17.8 Å². The van der Waals surface area contributed by atoms with Gasteiger partial charge < -0.3 is 4.74 Å². The number of halogens is 2. The molecule has 0 saturated heterocycles. The van der Waals surface area contributed by atoms with Crippen molar-refractivity contribution >= 4 is 17.6 Å². The molecule has 0 amide bonds. The lowest BCUT2D eigenvalue weighted by Crippen LogP contribution is -2.08. The number of esters is 1. The third kappa shape index (κ3) is 3.88. The molecule has 0 atom stereocenters. The lowest BCUT2D eigenvalue weighted by atomic mass is 10.2. The highest BCUT2D eigenvalue weighted by molar-refractivity contribution is 6.32. The van der Waals surface area contributed by atoms with Crippen LogP contribution in [-0.2, 0) is 17.9 Å². The summed E-state index contributed by atoms with van der Waals surface area (Å²) < 4.78 is 20.4. The number of hydrogen-bond acceptors (Lipinski definition) is 3. The predicted molar refractivity (Wildman–Crippen MR) is 93.0 cm³/mol. The van der Waals surface area contributed by atoms with Crippen molar-refractivity contribution in [3.8, 4) is 0 Å². The Kier molecular flexibility index (Phi) is 5.14. The number of aromatic nitrogens is 2. The maximum absolute atomic E-state index is 13.6. The Labute approximate surface area is 149 Å². The van der Waals surface area contributed by atoms with Gasteiger partial charge in [0.25, 0.3) is 0 Å². The fourth-order valence-electron chi connectivity index (χ4n) is 2.48. The molecule has 0 aliphatic heterocycles. The van der Waals surface area contributed by atoms with E-state index in [2.05, 4.69) is 5.10 Å². The van der Waals surface area contributed by atoms with Crippen molar-refractivity contribution in [2.24, 2.45) is 0 Å². The van der Waals surface area contributed by atoms with Gasteiger partial charge in [-0.25, -0.2) is 13.9 Å². The van der Waals surface area contributed by atoms with Crippen LogP contribution in [0.5, 0.6) is 0 Å². The van der Waals surface area contributed by atoms with Crippen LogP contribution in [0, 0.1) is 12.7 Å². The first-order valence-corrected chi connectivity index (χ1v) is 8.11. The van der Waals surface area contributed by atoms with Gasteiger partial charge in [0.05, 0.1) is 12.2 Å². The van der Waals surface area contributed by atoms with Gasteiger partial charge in [0, 0.05) is 5.56 Å². The number of nitrogens with zero attached hydrogens (tertiary/aromatic N) is 2. The molecule has 0 bridgehead atoms. The van der Waals surface area contributed by atoms with Crippen LogP contribution in [0.2, 0.25) is 5.15 Å². The molecule has 1 heterocycles. The van der Waals surface area contributed by atoms with E-state index in [-0.39, 0.29) is 17.3 Å². The predicted octanol–water partition coefficient (Wildman–Crippen LogP) is 4.39. The molecule has 0 radical (unpaired) electrons. The minimum atomic E-state index is -0.620. The molecule has 0 aliphatic carbocycles. The Morgan fingerprint density at radius 1 is 1.16 bits per heavy atom. The number of aryl methyl sites for hydroxylation is 1. The van der Waals surface area contributed by atoms with Crippen molar-refractivity contribution < 1.29 is 13.9 Å². The lowest BCUT2D eigenvalue weighted by Gasteiger charge is -2.06. The molecule has 3 aromatic rings. The molecule has 4 nitrogen and oxygen atoms in total. The van der Waals surface area contributed by atoms with Gasteiger partial charge in [-0.15, -0.1) is 0 Å². The third-order valence-electron chi connectivity index (χ3n) is 3.76. The maximum Gasteiger partial charge on any atom is 0.343 e. The monoisotopic (exact) mass is 358 g/mol. The number of carbonyl (C=O) groups is 1. The summed E-state index contributed by atoms with van der Waals surface area (Å²) in [7, 11) is 0. The average molecular weight is 359 g/mol. The summed E-state index contributed by atoms with van der Waals surface area (Å²) >= 11 is 6.31. The lowest BCUT2D eigenvalue weighted by molar-refractivity contribution is 0.0468. The first-order chi connectivity index (χ1) is 12.1. The van der Waals surface area contributed by atoms with Gasteiger partial charge in [0.15, 0.2) is 0 Å². The third-order valence-corrected chi connectivity index (χ3v) is 4.15. The summed E-state index contributed by atoms with van der Waals surface area (Å²) in [6.45, 7) is 1.97. The highest BCUT2D eigenvalue weighted by Crippen LogP contribution is 2.22. The van der Waals surface area contributed by atoms with Crippen molar-refractivity contribution in [1.82, 2.24) is 9.78 Å². The molecule has 0 spiro atoms. The maximum atomic E-state index is 13.6. The van der Waals surface area contributed by atoms with Gasteiger partial charge >= 0.3 is 5.97 Å². The number of hydrogen-bond donors (Lipinski definition) is 0. The SMILES string of the molecule is Cc1nn(Cc2ccccc2)c(Cl)c1C(=O)OCc1ccccc1F. The summed E-state index contributed by atoms with van der Waals surface area (Å²) in [4.78, 5) is 12.4. The van der Waals surface area contributed by atoms with Gasteiger partial charge in [0.1, 0.15) is 23.1 Å². The van der Waals surface area contributed by atoms with Crippen molar-refractivity contribution in [2.75, 3.05) is 0 Å². The average Bonchev–Trinajstić information content (AvgIpc) is 2.88. The topological polar surface area (TPSA) is 44.1 Å². The van der Waals surface area contributed by atoms with E-state index in [1.807, 2.05) is 30.3 Å². The van der Waals surface area contributed by atoms with E-state index in [9.17, 15) is 9.18 Å². The largest absolute Gasteiger partial charge is 0.457 e. The fraction of sp³-hybridized carbons (Fsp3) is 0.158. The normalized spacial score (nSPS) is 10.7. The molecule has 2 aromatic carbocycles. The zero-order valence-corrected chi connectivity index (χ0v) is 14.3. The highest BCUT2D eigenvalue weighted by atomic mass is 35.5. The van der Waals surface area contributed by atoms with Gasteiger partial charge in [0.2, 0.25) is 0 Å². The molecule has 0 aliphatic rings. The van der Waals surface area contributed by atoms with Crippen molar-refractivity contribution in [3.63, 3.8) is 0 Å². The van der Waals surface area contributed by atoms with Gasteiger partial charge in [-0.2, -0.15) is 5.10 Å². The molecule has 6 heteroatoms. The second kappa shape index (κ2) is 7.49. The molecule has 1 aromatic heterocycles. The number of carbonyl (C=O) groups excluding carboxylic acids is 1. The fourth-order valence-corrected chi connectivity index (χ4v) is 2.79.